The van der Waals surface area contributed by atoms with Crippen LogP contribution in [0.5, 0.6) is 0 Å². The zero-order valence-corrected chi connectivity index (χ0v) is 20.8. The Hall–Kier alpha value is -4.53. The molecule has 2 N–H and O–H groups in total. The van der Waals surface area contributed by atoms with Gasteiger partial charge in [-0.05, 0) is 45.4 Å². The molecule has 9 heteroatoms. The number of carboxylic acids is 1. The van der Waals surface area contributed by atoms with E-state index in [1.165, 1.54) is 6.07 Å². The summed E-state index contributed by atoms with van der Waals surface area (Å²) in [5, 5.41) is 16.0. The second-order valence-corrected chi connectivity index (χ2v) is 9.11. The molecule has 0 aliphatic heterocycles. The molecule has 1 atom stereocenters. The number of anilines is 1. The van der Waals surface area contributed by atoms with Crippen LogP contribution in [0.25, 0.3) is 22.6 Å². The molecule has 0 aliphatic carbocycles. The van der Waals surface area contributed by atoms with Crippen molar-refractivity contribution >= 4 is 17.7 Å². The Labute approximate surface area is 213 Å². The maximum absolute atomic E-state index is 14.0. The van der Waals surface area contributed by atoms with Crippen LogP contribution in [0.1, 0.15) is 43.7 Å². The van der Waals surface area contributed by atoms with Gasteiger partial charge in [-0.1, -0.05) is 53.7 Å². The number of carboxylic acid groups (broad SMARTS) is 1. The van der Waals surface area contributed by atoms with E-state index in [0.29, 0.717) is 34.0 Å². The number of carbonyl (C=O) groups is 2. The zero-order chi connectivity index (χ0) is 26.7. The number of aryl methyl sites for hydroxylation is 1. The normalized spacial score (nSPS) is 12.1. The molecule has 2 heterocycles. The largest absolute Gasteiger partial charge is 0.481 e. The molecule has 2 aromatic carbocycles. The van der Waals surface area contributed by atoms with E-state index in [0.717, 1.165) is 5.56 Å². The van der Waals surface area contributed by atoms with E-state index in [1.54, 1.807) is 76.4 Å². The van der Waals surface area contributed by atoms with Crippen molar-refractivity contribution in [3.8, 4) is 22.6 Å². The second-order valence-electron chi connectivity index (χ2n) is 9.11. The van der Waals surface area contributed by atoms with E-state index in [-0.39, 0.29) is 5.56 Å². The molecule has 0 spiro atoms. The van der Waals surface area contributed by atoms with Gasteiger partial charge in [-0.2, -0.15) is 0 Å². The number of aromatic nitrogens is 2. The molecule has 0 saturated carbocycles. The number of nitrogens with zero attached hydrogens (tertiary/aromatic N) is 2. The number of pyridine rings is 1. The fourth-order valence-corrected chi connectivity index (χ4v) is 3.72. The SMILES string of the molecule is Cc1noc(-c2ccc(-c3ccc(C(C)(C)C(=O)O)cn3)cc2)c1NC(=O)OC(C)c1ccccc1F. The summed E-state index contributed by atoms with van der Waals surface area (Å²) < 4.78 is 24.8. The molecule has 37 heavy (non-hydrogen) atoms. The van der Waals surface area contributed by atoms with Crippen LogP contribution in [-0.2, 0) is 14.9 Å². The van der Waals surface area contributed by atoms with Gasteiger partial charge in [0.05, 0.1) is 11.1 Å². The average Bonchev–Trinajstić information content (AvgIpc) is 3.24. The Morgan fingerprint density at radius 1 is 1.05 bits per heavy atom. The van der Waals surface area contributed by atoms with E-state index in [4.69, 9.17) is 9.26 Å². The van der Waals surface area contributed by atoms with Crippen LogP contribution in [0.15, 0.2) is 71.4 Å². The summed E-state index contributed by atoms with van der Waals surface area (Å²) in [4.78, 5) is 28.5. The minimum absolute atomic E-state index is 0.267. The Balaban J connectivity index is 1.50. The highest BCUT2D eigenvalue weighted by Gasteiger charge is 2.29. The topological polar surface area (TPSA) is 115 Å². The molecule has 0 bridgehead atoms. The molecule has 4 rings (SSSR count). The van der Waals surface area contributed by atoms with Crippen LogP contribution in [-0.4, -0.2) is 27.3 Å². The highest BCUT2D eigenvalue weighted by atomic mass is 19.1. The molecule has 4 aromatic rings. The third-order valence-corrected chi connectivity index (χ3v) is 6.18. The number of hydrogen-bond donors (Lipinski definition) is 2. The lowest BCUT2D eigenvalue weighted by atomic mass is 9.86. The quantitative estimate of drug-likeness (QED) is 0.295. The smallest absolute Gasteiger partial charge is 0.412 e. The van der Waals surface area contributed by atoms with Gasteiger partial charge in [0.2, 0.25) is 0 Å². The van der Waals surface area contributed by atoms with Crippen LogP contribution in [0, 0.1) is 12.7 Å². The highest BCUT2D eigenvalue weighted by Crippen LogP contribution is 2.33. The molecule has 8 nitrogen and oxygen atoms in total. The number of ether oxygens (including phenoxy) is 1. The second kappa shape index (κ2) is 10.2. The molecule has 1 amide bonds. The van der Waals surface area contributed by atoms with Crippen LogP contribution in [0.2, 0.25) is 0 Å². The van der Waals surface area contributed by atoms with Gasteiger partial charge >= 0.3 is 12.1 Å². The van der Waals surface area contributed by atoms with Crippen LogP contribution in [0.3, 0.4) is 0 Å². The van der Waals surface area contributed by atoms with Gasteiger partial charge in [0.1, 0.15) is 23.3 Å². The van der Waals surface area contributed by atoms with Crippen molar-refractivity contribution in [1.82, 2.24) is 10.1 Å². The minimum Gasteiger partial charge on any atom is -0.481 e. The lowest BCUT2D eigenvalue weighted by Crippen LogP contribution is -2.28. The summed E-state index contributed by atoms with van der Waals surface area (Å²) in [6, 6.07) is 16.9. The predicted molar refractivity (Wildman–Crippen MR) is 135 cm³/mol. The summed E-state index contributed by atoms with van der Waals surface area (Å²) in [5.74, 6) is -1.05. The van der Waals surface area contributed by atoms with Crippen LogP contribution in [0.4, 0.5) is 14.9 Å². The summed E-state index contributed by atoms with van der Waals surface area (Å²) in [6.07, 6.45) is -0.00909. The number of nitrogens with one attached hydrogen (secondary N) is 1. The number of rotatable bonds is 7. The van der Waals surface area contributed by atoms with Gasteiger partial charge in [0.25, 0.3) is 0 Å². The van der Waals surface area contributed by atoms with E-state index < -0.39 is 29.4 Å². The Bertz CT molecular complexity index is 1430. The standard InChI is InChI=1S/C28H26FN3O5/c1-16-24(31-27(35)36-17(2)21-7-5-6-8-22(21)29)25(37-32-16)19-11-9-18(10-12-19)23-14-13-20(15-30-23)28(3,4)26(33)34/h5-15,17H,1-4H3,(H,31,35)(H,33,34). The lowest BCUT2D eigenvalue weighted by Gasteiger charge is -2.19. The van der Waals surface area contributed by atoms with Gasteiger partial charge in [0, 0.05) is 22.9 Å². The molecule has 0 saturated heterocycles. The molecular weight excluding hydrogens is 477 g/mol. The maximum Gasteiger partial charge on any atom is 0.412 e. The first-order valence-corrected chi connectivity index (χ1v) is 11.6. The first-order chi connectivity index (χ1) is 17.6. The number of halogens is 1. The molecule has 0 radical (unpaired) electrons. The molecule has 1 unspecified atom stereocenters. The molecular formula is C28H26FN3O5. The summed E-state index contributed by atoms with van der Waals surface area (Å²) in [6.45, 7) is 6.52. The fourth-order valence-electron chi connectivity index (χ4n) is 3.72. The molecule has 0 fully saturated rings. The summed E-state index contributed by atoms with van der Waals surface area (Å²) >= 11 is 0. The first kappa shape index (κ1) is 25.6. The third kappa shape index (κ3) is 5.35. The van der Waals surface area contributed by atoms with Crippen molar-refractivity contribution in [2.24, 2.45) is 0 Å². The number of hydrogen-bond acceptors (Lipinski definition) is 6. The number of amides is 1. The molecule has 190 valence electrons. The Kier molecular flexibility index (Phi) is 7.06. The van der Waals surface area contributed by atoms with Gasteiger partial charge in [-0.3, -0.25) is 15.1 Å². The third-order valence-electron chi connectivity index (χ3n) is 6.18. The van der Waals surface area contributed by atoms with Gasteiger partial charge in [-0.15, -0.1) is 0 Å². The minimum atomic E-state index is -1.04. The van der Waals surface area contributed by atoms with Crippen molar-refractivity contribution < 1.29 is 28.3 Å². The number of carbonyl (C=O) groups excluding carboxylic acids is 1. The van der Waals surface area contributed by atoms with Gasteiger partial charge in [0.15, 0.2) is 5.76 Å². The van der Waals surface area contributed by atoms with Crippen molar-refractivity contribution in [3.63, 3.8) is 0 Å². The number of benzene rings is 2. The fraction of sp³-hybridized carbons (Fsp3) is 0.214. The van der Waals surface area contributed by atoms with Crippen LogP contribution < -0.4 is 5.32 Å². The maximum atomic E-state index is 14.0. The van der Waals surface area contributed by atoms with E-state index in [2.05, 4.69) is 15.5 Å². The molecule has 0 aliphatic rings. The summed E-state index contributed by atoms with van der Waals surface area (Å²) in [5.41, 5.74) is 2.77. The van der Waals surface area contributed by atoms with Crippen molar-refractivity contribution in [1.29, 1.82) is 0 Å². The van der Waals surface area contributed by atoms with Crippen molar-refractivity contribution in [2.45, 2.75) is 39.2 Å². The molecule has 2 aromatic heterocycles. The Morgan fingerprint density at radius 2 is 1.73 bits per heavy atom. The lowest BCUT2D eigenvalue weighted by molar-refractivity contribution is -0.142. The summed E-state index contributed by atoms with van der Waals surface area (Å²) in [7, 11) is 0. The zero-order valence-electron chi connectivity index (χ0n) is 20.8. The predicted octanol–water partition coefficient (Wildman–Crippen LogP) is 6.52. The van der Waals surface area contributed by atoms with E-state index in [1.807, 2.05) is 12.1 Å². The first-order valence-electron chi connectivity index (χ1n) is 11.6. The Morgan fingerprint density at radius 3 is 2.35 bits per heavy atom. The van der Waals surface area contributed by atoms with E-state index >= 15 is 0 Å². The van der Waals surface area contributed by atoms with Gasteiger partial charge in [-0.25, -0.2) is 9.18 Å². The van der Waals surface area contributed by atoms with Crippen LogP contribution >= 0.6 is 0 Å². The van der Waals surface area contributed by atoms with Gasteiger partial charge < -0.3 is 14.4 Å². The van der Waals surface area contributed by atoms with Crippen molar-refractivity contribution in [2.75, 3.05) is 5.32 Å². The van der Waals surface area contributed by atoms with E-state index in [9.17, 15) is 19.1 Å². The van der Waals surface area contributed by atoms with Crippen molar-refractivity contribution in [3.05, 3.63) is 89.5 Å². The highest BCUT2D eigenvalue weighted by molar-refractivity contribution is 5.91. The number of aliphatic carboxylic acids is 1. The average molecular weight is 504 g/mol. The monoisotopic (exact) mass is 503 g/mol.